The molecule has 1 aliphatic rings. The first-order valence-corrected chi connectivity index (χ1v) is 8.89. The third-order valence-corrected chi connectivity index (χ3v) is 4.95. The third kappa shape index (κ3) is 3.25. The summed E-state index contributed by atoms with van der Waals surface area (Å²) in [4.78, 5) is 6.50. The van der Waals surface area contributed by atoms with Gasteiger partial charge >= 0.3 is 0 Å². The van der Waals surface area contributed by atoms with Crippen molar-refractivity contribution in [3.8, 4) is 0 Å². The van der Waals surface area contributed by atoms with Gasteiger partial charge in [0.1, 0.15) is 0 Å². The number of nitrogens with zero attached hydrogens (tertiary/aromatic N) is 3. The largest absolute Gasteiger partial charge is 0.348 e. The maximum Gasteiger partial charge on any atom is 0.174 e. The molecule has 0 radical (unpaired) electrons. The van der Waals surface area contributed by atoms with E-state index >= 15 is 0 Å². The van der Waals surface area contributed by atoms with Crippen LogP contribution in [0.25, 0.3) is 0 Å². The molecule has 6 heteroatoms. The van der Waals surface area contributed by atoms with Crippen molar-refractivity contribution in [1.82, 2.24) is 14.5 Å². The molecule has 126 valence electrons. The first-order chi connectivity index (χ1) is 12.2. The number of nitrogens with one attached hydrogen (secondary N) is 1. The fourth-order valence-corrected chi connectivity index (χ4v) is 3.76. The molecule has 0 amide bonds. The fraction of sp³-hybridized carbons (Fsp3) is 0.158. The summed E-state index contributed by atoms with van der Waals surface area (Å²) in [7, 11) is 0. The number of hydrogen-bond donors (Lipinski definition) is 1. The molecule has 0 unspecified atom stereocenters. The van der Waals surface area contributed by atoms with Gasteiger partial charge in [-0.1, -0.05) is 23.7 Å². The number of fused-ring (bicyclic) bond motifs is 1. The fourth-order valence-electron chi connectivity index (χ4n) is 3.25. The summed E-state index contributed by atoms with van der Waals surface area (Å²) in [5, 5.41) is 4.69. The molecule has 0 aliphatic carbocycles. The lowest BCUT2D eigenvalue weighted by molar-refractivity contribution is 0.293. The Hall–Kier alpha value is -2.37. The van der Waals surface area contributed by atoms with Crippen molar-refractivity contribution in [3.05, 3.63) is 83.4 Å². The summed E-state index contributed by atoms with van der Waals surface area (Å²) in [6, 6.07) is 15.9. The van der Waals surface area contributed by atoms with E-state index in [1.807, 2.05) is 36.5 Å². The predicted molar refractivity (Wildman–Crippen MR) is 105 cm³/mol. The van der Waals surface area contributed by atoms with E-state index in [4.69, 9.17) is 23.8 Å². The third-order valence-electron chi connectivity index (χ3n) is 4.38. The van der Waals surface area contributed by atoms with Crippen molar-refractivity contribution in [1.29, 1.82) is 0 Å². The van der Waals surface area contributed by atoms with Crippen molar-refractivity contribution in [3.63, 3.8) is 0 Å². The second kappa shape index (κ2) is 6.86. The van der Waals surface area contributed by atoms with Gasteiger partial charge < -0.3 is 14.8 Å². The van der Waals surface area contributed by atoms with Crippen molar-refractivity contribution in [2.45, 2.75) is 12.6 Å². The quantitative estimate of drug-likeness (QED) is 0.682. The topological polar surface area (TPSA) is 33.1 Å². The van der Waals surface area contributed by atoms with Crippen LogP contribution < -0.4 is 5.32 Å². The zero-order valence-electron chi connectivity index (χ0n) is 13.5. The van der Waals surface area contributed by atoms with Crippen molar-refractivity contribution in [2.75, 3.05) is 11.9 Å². The van der Waals surface area contributed by atoms with E-state index in [0.29, 0.717) is 10.1 Å². The predicted octanol–water partition coefficient (Wildman–Crippen LogP) is 4.34. The minimum Gasteiger partial charge on any atom is -0.348 e. The maximum absolute atomic E-state index is 6.08. The van der Waals surface area contributed by atoms with Gasteiger partial charge in [0.25, 0.3) is 0 Å². The average Bonchev–Trinajstić information content (AvgIpc) is 3.10. The summed E-state index contributed by atoms with van der Waals surface area (Å²) >= 11 is 11.8. The van der Waals surface area contributed by atoms with Gasteiger partial charge in [-0.15, -0.1) is 0 Å². The number of rotatable bonds is 2. The molecular weight excluding hydrogens is 352 g/mol. The molecule has 4 rings (SSSR count). The van der Waals surface area contributed by atoms with Crippen LogP contribution in [0.2, 0.25) is 5.02 Å². The lowest BCUT2D eigenvalue weighted by atomic mass is 10.0. The highest BCUT2D eigenvalue weighted by Gasteiger charge is 2.30. The number of aromatic nitrogens is 2. The Morgan fingerprint density at radius 3 is 2.88 bits per heavy atom. The molecule has 0 bridgehead atoms. The van der Waals surface area contributed by atoms with Crippen LogP contribution in [-0.4, -0.2) is 26.1 Å². The molecule has 3 aromatic rings. The van der Waals surface area contributed by atoms with E-state index in [-0.39, 0.29) is 6.04 Å². The van der Waals surface area contributed by atoms with Gasteiger partial charge in [-0.3, -0.25) is 4.98 Å². The van der Waals surface area contributed by atoms with E-state index in [0.717, 1.165) is 24.3 Å². The Balaban J connectivity index is 1.66. The van der Waals surface area contributed by atoms with Gasteiger partial charge in [0, 0.05) is 48.1 Å². The highest BCUT2D eigenvalue weighted by molar-refractivity contribution is 7.80. The summed E-state index contributed by atoms with van der Waals surface area (Å²) in [5.74, 6) is 0. The van der Waals surface area contributed by atoms with Crippen LogP contribution in [0.1, 0.15) is 17.3 Å². The highest BCUT2D eigenvalue weighted by atomic mass is 35.5. The minimum atomic E-state index is 0.0386. The second-order valence-corrected chi connectivity index (χ2v) is 6.77. The minimum absolute atomic E-state index is 0.0386. The van der Waals surface area contributed by atoms with Crippen LogP contribution in [-0.2, 0) is 6.54 Å². The Kier molecular flexibility index (Phi) is 4.42. The number of hydrogen-bond acceptors (Lipinski definition) is 2. The van der Waals surface area contributed by atoms with E-state index in [2.05, 4.69) is 44.2 Å². The van der Waals surface area contributed by atoms with Crippen molar-refractivity contribution < 1.29 is 0 Å². The van der Waals surface area contributed by atoms with Crippen LogP contribution in [0.15, 0.2) is 67.1 Å². The standard InChI is InChI=1S/C19H17ClN4S/c20-15-5-1-6-16(12-15)22-19(25)24-11-10-23-9-3-7-17(23)18(24)14-4-2-8-21-13-14/h1-9,12-13,18H,10-11H2,(H,22,25)/t18-/m1/s1. The zero-order chi connectivity index (χ0) is 17.2. The highest BCUT2D eigenvalue weighted by Crippen LogP contribution is 2.32. The van der Waals surface area contributed by atoms with Crippen LogP contribution >= 0.6 is 23.8 Å². The Morgan fingerprint density at radius 2 is 2.08 bits per heavy atom. The molecule has 1 N–H and O–H groups in total. The molecule has 1 aromatic carbocycles. The van der Waals surface area contributed by atoms with Gasteiger partial charge in [-0.05, 0) is 54.2 Å². The normalized spacial score (nSPS) is 16.4. The number of benzene rings is 1. The molecule has 0 saturated carbocycles. The van der Waals surface area contributed by atoms with E-state index in [1.165, 1.54) is 5.69 Å². The van der Waals surface area contributed by atoms with Gasteiger partial charge in [-0.2, -0.15) is 0 Å². The van der Waals surface area contributed by atoms with Gasteiger partial charge in [0.15, 0.2) is 5.11 Å². The number of thiocarbonyl (C=S) groups is 1. The van der Waals surface area contributed by atoms with Gasteiger partial charge in [0.2, 0.25) is 0 Å². The molecule has 3 heterocycles. The summed E-state index contributed by atoms with van der Waals surface area (Å²) < 4.78 is 2.27. The monoisotopic (exact) mass is 368 g/mol. The SMILES string of the molecule is S=C(Nc1cccc(Cl)c1)N1CCn2cccc2[C@H]1c1cccnc1. The number of pyridine rings is 1. The van der Waals surface area contributed by atoms with Crippen LogP contribution in [0.4, 0.5) is 5.69 Å². The van der Waals surface area contributed by atoms with Crippen molar-refractivity contribution in [2.24, 2.45) is 0 Å². The lowest BCUT2D eigenvalue weighted by Crippen LogP contribution is -2.44. The van der Waals surface area contributed by atoms with Crippen LogP contribution in [0, 0.1) is 0 Å². The van der Waals surface area contributed by atoms with Gasteiger partial charge in [0.05, 0.1) is 6.04 Å². The van der Waals surface area contributed by atoms with E-state index < -0.39 is 0 Å². The summed E-state index contributed by atoms with van der Waals surface area (Å²) in [6.07, 6.45) is 5.81. The maximum atomic E-state index is 6.08. The molecule has 1 aliphatic heterocycles. The summed E-state index contributed by atoms with van der Waals surface area (Å²) in [6.45, 7) is 1.73. The molecule has 4 nitrogen and oxygen atoms in total. The number of anilines is 1. The first-order valence-electron chi connectivity index (χ1n) is 8.10. The molecular formula is C19H17ClN4S. The Morgan fingerprint density at radius 1 is 1.16 bits per heavy atom. The molecule has 0 saturated heterocycles. The Labute approximate surface area is 157 Å². The Bertz CT molecular complexity index is 893. The average molecular weight is 369 g/mol. The molecule has 0 spiro atoms. The van der Waals surface area contributed by atoms with Gasteiger partial charge in [-0.25, -0.2) is 0 Å². The van der Waals surface area contributed by atoms with Crippen molar-refractivity contribution >= 4 is 34.6 Å². The van der Waals surface area contributed by atoms with Crippen LogP contribution in [0.3, 0.4) is 0 Å². The second-order valence-electron chi connectivity index (χ2n) is 5.95. The molecule has 25 heavy (non-hydrogen) atoms. The molecule has 0 fully saturated rings. The zero-order valence-corrected chi connectivity index (χ0v) is 15.0. The number of halogens is 1. The summed E-state index contributed by atoms with van der Waals surface area (Å²) in [5.41, 5.74) is 3.23. The van der Waals surface area contributed by atoms with Crippen LogP contribution in [0.5, 0.6) is 0 Å². The first kappa shape index (κ1) is 16.1. The lowest BCUT2D eigenvalue weighted by Gasteiger charge is -2.38. The smallest absolute Gasteiger partial charge is 0.174 e. The molecule has 1 atom stereocenters. The van der Waals surface area contributed by atoms with E-state index in [1.54, 1.807) is 6.20 Å². The van der Waals surface area contributed by atoms with E-state index in [9.17, 15) is 0 Å². The molecule has 2 aromatic heterocycles.